The molecule has 0 heterocycles. The van der Waals surface area contributed by atoms with Crippen LogP contribution in [0.4, 0.5) is 4.79 Å². The minimum Gasteiger partial charge on any atom is -0.358 e. The zero-order valence-electron chi connectivity index (χ0n) is 10.1. The molecule has 0 atom stereocenters. The van der Waals surface area contributed by atoms with Gasteiger partial charge in [-0.2, -0.15) is 0 Å². The van der Waals surface area contributed by atoms with Gasteiger partial charge in [0.05, 0.1) is 0 Å². The van der Waals surface area contributed by atoms with Gasteiger partial charge in [-0.25, -0.2) is 4.79 Å². The molecule has 5 heteroatoms. The SMILES string of the molecule is CNC(=O)CN(C)C(=O)NC1CCCCC1. The van der Waals surface area contributed by atoms with Gasteiger partial charge in [0, 0.05) is 20.1 Å². The third-order valence-corrected chi connectivity index (χ3v) is 2.94. The third-order valence-electron chi connectivity index (χ3n) is 2.94. The van der Waals surface area contributed by atoms with Crippen LogP contribution >= 0.6 is 0 Å². The zero-order chi connectivity index (χ0) is 12.0. The van der Waals surface area contributed by atoms with Crippen molar-refractivity contribution in [2.75, 3.05) is 20.6 Å². The van der Waals surface area contributed by atoms with Gasteiger partial charge in [0.15, 0.2) is 0 Å². The molecule has 0 aromatic heterocycles. The van der Waals surface area contributed by atoms with Crippen molar-refractivity contribution in [3.8, 4) is 0 Å². The van der Waals surface area contributed by atoms with E-state index in [-0.39, 0.29) is 24.5 Å². The van der Waals surface area contributed by atoms with Crippen LogP contribution in [-0.4, -0.2) is 43.5 Å². The van der Waals surface area contributed by atoms with Crippen LogP contribution in [0.25, 0.3) is 0 Å². The van der Waals surface area contributed by atoms with Crippen LogP contribution in [0.2, 0.25) is 0 Å². The Morgan fingerprint density at radius 2 is 1.88 bits per heavy atom. The van der Waals surface area contributed by atoms with Gasteiger partial charge in [0.25, 0.3) is 0 Å². The van der Waals surface area contributed by atoms with Gasteiger partial charge in [0.1, 0.15) is 6.54 Å². The number of nitrogens with one attached hydrogen (secondary N) is 2. The number of carbonyl (C=O) groups is 2. The standard InChI is InChI=1S/C11H21N3O2/c1-12-10(15)8-14(2)11(16)13-9-6-4-3-5-7-9/h9H,3-8H2,1-2H3,(H,12,15)(H,13,16). The van der Waals surface area contributed by atoms with E-state index in [2.05, 4.69) is 10.6 Å². The van der Waals surface area contributed by atoms with Crippen molar-refractivity contribution in [2.24, 2.45) is 0 Å². The number of amides is 3. The first-order chi connectivity index (χ1) is 7.63. The Kier molecular flexibility index (Phi) is 5.08. The maximum Gasteiger partial charge on any atom is 0.317 e. The topological polar surface area (TPSA) is 61.4 Å². The number of urea groups is 1. The fourth-order valence-electron chi connectivity index (χ4n) is 1.90. The van der Waals surface area contributed by atoms with Gasteiger partial charge in [-0.15, -0.1) is 0 Å². The van der Waals surface area contributed by atoms with E-state index in [1.807, 2.05) is 0 Å². The first-order valence-electron chi connectivity index (χ1n) is 5.85. The van der Waals surface area contributed by atoms with Crippen molar-refractivity contribution in [1.29, 1.82) is 0 Å². The molecule has 0 bridgehead atoms. The number of hydrogen-bond acceptors (Lipinski definition) is 2. The smallest absolute Gasteiger partial charge is 0.317 e. The molecule has 0 unspecified atom stereocenters. The summed E-state index contributed by atoms with van der Waals surface area (Å²) in [7, 11) is 3.20. The van der Waals surface area contributed by atoms with E-state index >= 15 is 0 Å². The number of nitrogens with zero attached hydrogens (tertiary/aromatic N) is 1. The van der Waals surface area contributed by atoms with E-state index in [1.54, 1.807) is 14.1 Å². The van der Waals surface area contributed by atoms with Crippen molar-refractivity contribution in [1.82, 2.24) is 15.5 Å². The molecule has 0 aliphatic heterocycles. The van der Waals surface area contributed by atoms with Crippen molar-refractivity contribution in [2.45, 2.75) is 38.1 Å². The maximum atomic E-state index is 11.7. The molecule has 1 aliphatic rings. The molecular weight excluding hydrogens is 206 g/mol. The summed E-state index contributed by atoms with van der Waals surface area (Å²) < 4.78 is 0. The molecule has 2 N–H and O–H groups in total. The molecule has 92 valence electrons. The van der Waals surface area contributed by atoms with Crippen LogP contribution in [0.1, 0.15) is 32.1 Å². The summed E-state index contributed by atoms with van der Waals surface area (Å²) in [5.74, 6) is -0.152. The first kappa shape index (κ1) is 12.8. The average molecular weight is 227 g/mol. The molecule has 1 rings (SSSR count). The molecular formula is C11H21N3O2. The van der Waals surface area contributed by atoms with Crippen LogP contribution < -0.4 is 10.6 Å². The highest BCUT2D eigenvalue weighted by Crippen LogP contribution is 2.17. The monoisotopic (exact) mass is 227 g/mol. The molecule has 1 fully saturated rings. The van der Waals surface area contributed by atoms with E-state index in [1.165, 1.54) is 24.2 Å². The van der Waals surface area contributed by atoms with Crippen molar-refractivity contribution in [3.63, 3.8) is 0 Å². The van der Waals surface area contributed by atoms with Crippen LogP contribution in [0.3, 0.4) is 0 Å². The van der Waals surface area contributed by atoms with Crippen molar-refractivity contribution in [3.05, 3.63) is 0 Å². The lowest BCUT2D eigenvalue weighted by Gasteiger charge is -2.25. The second kappa shape index (κ2) is 6.35. The molecule has 0 saturated heterocycles. The fraction of sp³-hybridized carbons (Fsp3) is 0.818. The van der Waals surface area contributed by atoms with Gasteiger partial charge in [-0.05, 0) is 12.8 Å². The van der Waals surface area contributed by atoms with Crippen molar-refractivity contribution >= 4 is 11.9 Å². The van der Waals surface area contributed by atoms with Gasteiger partial charge in [-0.1, -0.05) is 19.3 Å². The summed E-state index contributed by atoms with van der Waals surface area (Å²) in [6.07, 6.45) is 5.74. The Hall–Kier alpha value is -1.26. The van der Waals surface area contributed by atoms with Gasteiger partial charge >= 0.3 is 6.03 Å². The number of likely N-dealkylation sites (N-methyl/N-ethyl adjacent to an activating group) is 2. The Balaban J connectivity index is 2.29. The summed E-state index contributed by atoms with van der Waals surface area (Å²) in [6, 6.07) is 0.129. The van der Waals surface area contributed by atoms with E-state index in [9.17, 15) is 9.59 Å². The van der Waals surface area contributed by atoms with Crippen molar-refractivity contribution < 1.29 is 9.59 Å². The lowest BCUT2D eigenvalue weighted by molar-refractivity contribution is -0.121. The molecule has 3 amide bonds. The minimum atomic E-state index is -0.157. The van der Waals surface area contributed by atoms with Crippen LogP contribution in [0.5, 0.6) is 0 Å². The lowest BCUT2D eigenvalue weighted by Crippen LogP contribution is -2.46. The van der Waals surface area contributed by atoms with Crippen LogP contribution in [-0.2, 0) is 4.79 Å². The van der Waals surface area contributed by atoms with E-state index in [0.29, 0.717) is 0 Å². The van der Waals surface area contributed by atoms with Crippen LogP contribution in [0.15, 0.2) is 0 Å². The lowest BCUT2D eigenvalue weighted by atomic mass is 9.96. The molecule has 0 radical (unpaired) electrons. The second-order valence-corrected chi connectivity index (χ2v) is 4.31. The van der Waals surface area contributed by atoms with Gasteiger partial charge in [0.2, 0.25) is 5.91 Å². The quantitative estimate of drug-likeness (QED) is 0.746. The zero-order valence-corrected chi connectivity index (χ0v) is 10.1. The minimum absolute atomic E-state index is 0.106. The van der Waals surface area contributed by atoms with Gasteiger partial charge in [-0.3, -0.25) is 4.79 Å². The summed E-state index contributed by atoms with van der Waals surface area (Å²) in [5, 5.41) is 5.45. The summed E-state index contributed by atoms with van der Waals surface area (Å²) in [4.78, 5) is 24.2. The van der Waals surface area contributed by atoms with Crippen LogP contribution in [0, 0.1) is 0 Å². The third kappa shape index (κ3) is 4.08. The molecule has 16 heavy (non-hydrogen) atoms. The molecule has 1 aliphatic carbocycles. The normalized spacial score (nSPS) is 16.6. The molecule has 0 aromatic carbocycles. The first-order valence-corrected chi connectivity index (χ1v) is 5.85. The molecule has 0 aromatic rings. The molecule has 5 nitrogen and oxygen atoms in total. The summed E-state index contributed by atoms with van der Waals surface area (Å²) in [5.41, 5.74) is 0. The van der Waals surface area contributed by atoms with E-state index in [4.69, 9.17) is 0 Å². The highest BCUT2D eigenvalue weighted by atomic mass is 16.2. The molecule has 0 spiro atoms. The Morgan fingerprint density at radius 3 is 2.44 bits per heavy atom. The Labute approximate surface area is 96.6 Å². The molecule has 1 saturated carbocycles. The number of hydrogen-bond donors (Lipinski definition) is 2. The second-order valence-electron chi connectivity index (χ2n) is 4.31. The Bertz CT molecular complexity index is 250. The summed E-state index contributed by atoms with van der Waals surface area (Å²) >= 11 is 0. The number of rotatable bonds is 3. The fourth-order valence-corrected chi connectivity index (χ4v) is 1.90. The van der Waals surface area contributed by atoms with E-state index < -0.39 is 0 Å². The predicted octanol–water partition coefficient (Wildman–Crippen LogP) is 0.706. The highest BCUT2D eigenvalue weighted by Gasteiger charge is 2.18. The Morgan fingerprint density at radius 1 is 1.25 bits per heavy atom. The highest BCUT2D eigenvalue weighted by molar-refractivity contribution is 5.83. The predicted molar refractivity (Wildman–Crippen MR) is 62.1 cm³/mol. The average Bonchev–Trinajstić information content (AvgIpc) is 2.30. The summed E-state index contributed by atoms with van der Waals surface area (Å²) in [6.45, 7) is 0.106. The largest absolute Gasteiger partial charge is 0.358 e. The number of carbonyl (C=O) groups excluding carboxylic acids is 2. The maximum absolute atomic E-state index is 11.7. The van der Waals surface area contributed by atoms with Gasteiger partial charge < -0.3 is 15.5 Å². The van der Waals surface area contributed by atoms with E-state index in [0.717, 1.165) is 12.8 Å².